The summed E-state index contributed by atoms with van der Waals surface area (Å²) in [6, 6.07) is 5.88. The van der Waals surface area contributed by atoms with Gasteiger partial charge >= 0.3 is 35.5 Å². The zero-order valence-corrected chi connectivity index (χ0v) is 8.69. The summed E-state index contributed by atoms with van der Waals surface area (Å²) in [6.45, 7) is 1.62. The van der Waals surface area contributed by atoms with Gasteiger partial charge in [0.05, 0.1) is 0 Å². The van der Waals surface area contributed by atoms with Crippen LogP contribution in [0.15, 0.2) is 24.3 Å². The van der Waals surface area contributed by atoms with E-state index in [0.29, 0.717) is 5.30 Å². The van der Waals surface area contributed by atoms with Crippen LogP contribution < -0.4 is 5.30 Å². The Kier molecular flexibility index (Phi) is 6.94. The van der Waals surface area contributed by atoms with Crippen LogP contribution in [0.4, 0.5) is 0 Å². The Balaban J connectivity index is 0.00000196. The van der Waals surface area contributed by atoms with Crippen LogP contribution in [0.25, 0.3) is 0 Å². The van der Waals surface area contributed by atoms with E-state index in [2.05, 4.69) is 4.52 Å². The van der Waals surface area contributed by atoms with E-state index >= 15 is 0 Å². The van der Waals surface area contributed by atoms with Crippen molar-refractivity contribution < 1.29 is 19.0 Å². The fourth-order valence-corrected chi connectivity index (χ4v) is 1.83. The Morgan fingerprint density at radius 1 is 1.53 bits per heavy atom. The van der Waals surface area contributed by atoms with Gasteiger partial charge in [-0.05, 0) is 18.2 Å². The molecule has 1 rings (SSSR count). The van der Waals surface area contributed by atoms with Gasteiger partial charge in [-0.2, -0.15) is 0 Å². The maximum absolute atomic E-state index is 11.4. The van der Waals surface area contributed by atoms with Crippen LogP contribution in [0.3, 0.4) is 0 Å². The first kappa shape index (κ1) is 14.7. The van der Waals surface area contributed by atoms with E-state index in [1.807, 2.05) is 0 Å². The molecule has 0 heterocycles. The van der Waals surface area contributed by atoms with Gasteiger partial charge in [-0.1, -0.05) is 13.0 Å². The molecule has 0 aliphatic rings. The Labute approximate surface area is 111 Å². The average Bonchev–Trinajstić information content (AvgIpc) is 2.17. The molecule has 0 aliphatic carbocycles. The molecule has 0 amide bonds. The van der Waals surface area contributed by atoms with E-state index in [4.69, 9.17) is 5.11 Å². The van der Waals surface area contributed by atoms with Crippen molar-refractivity contribution >= 4 is 48.9 Å². The van der Waals surface area contributed by atoms with Crippen molar-refractivity contribution in [2.75, 3.05) is 0 Å². The first-order chi connectivity index (χ1) is 6.63. The summed E-state index contributed by atoms with van der Waals surface area (Å²) in [4.78, 5) is 10.8. The van der Waals surface area contributed by atoms with Gasteiger partial charge in [0.2, 0.25) is 0 Å². The van der Waals surface area contributed by atoms with Crippen molar-refractivity contribution in [1.29, 1.82) is 0 Å². The number of benzene rings is 1. The molecule has 1 aromatic carbocycles. The molecule has 0 aromatic heterocycles. The van der Waals surface area contributed by atoms with Crippen LogP contribution >= 0.6 is 8.03 Å². The summed E-state index contributed by atoms with van der Waals surface area (Å²) >= 11 is 0. The quantitative estimate of drug-likeness (QED) is 0.624. The molecule has 0 bridgehead atoms. The number of hydrogen-bond acceptors (Lipinski definition) is 4. The number of phenols is 1. The van der Waals surface area contributed by atoms with Gasteiger partial charge < -0.3 is 9.63 Å². The van der Waals surface area contributed by atoms with Gasteiger partial charge in [0, 0.05) is 11.7 Å². The molecule has 0 spiro atoms. The molecule has 1 aromatic rings. The second-order valence-corrected chi connectivity index (χ2v) is 4.02. The summed E-state index contributed by atoms with van der Waals surface area (Å²) in [7, 11) is -2.56. The van der Waals surface area contributed by atoms with Crippen LogP contribution in [-0.4, -0.2) is 40.6 Å². The monoisotopic (exact) mass is 238 g/mol. The van der Waals surface area contributed by atoms with Gasteiger partial charge in [0.25, 0.3) is 8.03 Å². The molecule has 6 heteroatoms. The summed E-state index contributed by atoms with van der Waals surface area (Å²) < 4.78 is 16.0. The number of aromatic hydroxyl groups is 1. The first-order valence-corrected chi connectivity index (χ1v) is 5.49. The van der Waals surface area contributed by atoms with Crippen molar-refractivity contribution in [1.82, 2.24) is 0 Å². The minimum atomic E-state index is -2.56. The van der Waals surface area contributed by atoms with E-state index < -0.39 is 14.0 Å². The molecule has 78 valence electrons. The molecule has 0 radical (unpaired) electrons. The second-order valence-electron chi connectivity index (χ2n) is 2.67. The number of rotatable bonds is 3. The third-order valence-electron chi connectivity index (χ3n) is 1.58. The molecular weight excluding hydrogens is 226 g/mol. The summed E-state index contributed by atoms with van der Waals surface area (Å²) in [5.74, 6) is -0.495. The summed E-state index contributed by atoms with van der Waals surface area (Å²) in [6.07, 6.45) is 0.190. The zero-order valence-electron chi connectivity index (χ0n) is 7.69. The number of phenolic OH excluding ortho intramolecular Hbond substituents is 1. The molecule has 15 heavy (non-hydrogen) atoms. The van der Waals surface area contributed by atoms with Gasteiger partial charge in [-0.15, -0.1) is 0 Å². The van der Waals surface area contributed by atoms with Gasteiger partial charge in [0.15, 0.2) is 0 Å². The summed E-state index contributed by atoms with van der Waals surface area (Å²) in [5.41, 5.74) is 0. The molecular formula is C9H12NaO4P. The van der Waals surface area contributed by atoms with Gasteiger partial charge in [-0.25, -0.2) is 0 Å². The van der Waals surface area contributed by atoms with Crippen molar-refractivity contribution in [2.24, 2.45) is 0 Å². The first-order valence-electron chi connectivity index (χ1n) is 4.17. The van der Waals surface area contributed by atoms with Crippen molar-refractivity contribution in [3.63, 3.8) is 0 Å². The van der Waals surface area contributed by atoms with E-state index in [9.17, 15) is 9.36 Å². The molecule has 1 atom stereocenters. The van der Waals surface area contributed by atoms with Crippen LogP contribution in [0.1, 0.15) is 13.3 Å². The molecule has 1 unspecified atom stereocenters. The van der Waals surface area contributed by atoms with Crippen molar-refractivity contribution in [3.05, 3.63) is 24.3 Å². The third kappa shape index (κ3) is 4.85. The Morgan fingerprint density at radius 3 is 2.73 bits per heavy atom. The van der Waals surface area contributed by atoms with Crippen LogP contribution in [0.2, 0.25) is 0 Å². The predicted molar refractivity (Wildman–Crippen MR) is 60.3 cm³/mol. The van der Waals surface area contributed by atoms with Crippen LogP contribution in [0.5, 0.6) is 5.75 Å². The fraction of sp³-hybridized carbons (Fsp3) is 0.222. The third-order valence-corrected chi connectivity index (χ3v) is 2.77. The molecule has 0 saturated carbocycles. The van der Waals surface area contributed by atoms with E-state index in [1.165, 1.54) is 12.1 Å². The number of hydrogen-bond donors (Lipinski definition) is 1. The predicted octanol–water partition coefficient (Wildman–Crippen LogP) is 0.797. The van der Waals surface area contributed by atoms with E-state index in [-0.39, 0.29) is 41.7 Å². The normalized spacial score (nSPS) is 11.3. The Hall–Kier alpha value is -0.280. The van der Waals surface area contributed by atoms with E-state index in [1.54, 1.807) is 19.1 Å². The maximum atomic E-state index is 11.4. The van der Waals surface area contributed by atoms with Crippen molar-refractivity contribution in [3.8, 4) is 5.75 Å². The molecule has 0 aliphatic heterocycles. The standard InChI is InChI=1S/C9H11O4P.Na.H/c1-2-9(11)13-14(12)8-5-3-4-7(10)6-8;;/h3-6,10,14H,2H2,1H3;;. The fourth-order valence-electron chi connectivity index (χ4n) is 0.867. The van der Waals surface area contributed by atoms with Gasteiger partial charge in [0.1, 0.15) is 5.75 Å². The second kappa shape index (κ2) is 7.07. The Morgan fingerprint density at radius 2 is 2.20 bits per heavy atom. The van der Waals surface area contributed by atoms with Gasteiger partial charge in [-0.3, -0.25) is 9.36 Å². The number of carbonyl (C=O) groups excluding carboxylic acids is 1. The molecule has 4 nitrogen and oxygen atoms in total. The molecule has 0 saturated heterocycles. The van der Waals surface area contributed by atoms with Crippen molar-refractivity contribution in [2.45, 2.75) is 13.3 Å². The van der Waals surface area contributed by atoms with Crippen LogP contribution in [-0.2, 0) is 13.9 Å². The SMILES string of the molecule is CCC(=O)O[PH](=O)c1cccc(O)c1.[NaH]. The number of carbonyl (C=O) groups is 1. The zero-order chi connectivity index (χ0) is 10.6. The minimum absolute atomic E-state index is 0. The van der Waals surface area contributed by atoms with Crippen LogP contribution in [0, 0.1) is 0 Å². The summed E-state index contributed by atoms with van der Waals surface area (Å²) in [5, 5.41) is 9.43. The Bertz CT molecular complexity index is 367. The van der Waals surface area contributed by atoms with E-state index in [0.717, 1.165) is 0 Å². The molecule has 1 N–H and O–H groups in total. The topological polar surface area (TPSA) is 63.6 Å². The average molecular weight is 238 g/mol. The molecule has 0 fully saturated rings.